The van der Waals surface area contributed by atoms with Crippen molar-refractivity contribution in [2.24, 2.45) is 0 Å². The van der Waals surface area contributed by atoms with Gasteiger partial charge in [-0.2, -0.15) is 10.1 Å². The fourth-order valence-corrected chi connectivity index (χ4v) is 6.03. The molecule has 0 spiro atoms. The van der Waals surface area contributed by atoms with Gasteiger partial charge in [0.05, 0.1) is 10.9 Å². The van der Waals surface area contributed by atoms with Gasteiger partial charge in [0, 0.05) is 42.3 Å². The number of hydrogen-bond acceptors (Lipinski definition) is 8. The largest absolute Gasteiger partial charge is 0.351 e. The zero-order valence-corrected chi connectivity index (χ0v) is 19.7. The summed E-state index contributed by atoms with van der Waals surface area (Å²) in [6, 6.07) is 8.30. The Morgan fingerprint density at radius 1 is 1.21 bits per heavy atom. The van der Waals surface area contributed by atoms with Crippen LogP contribution in [-0.2, 0) is 0 Å². The number of fused-ring (bicyclic) bond motifs is 3. The van der Waals surface area contributed by atoms with E-state index in [-0.39, 0.29) is 24.0 Å². The van der Waals surface area contributed by atoms with Gasteiger partial charge in [0.15, 0.2) is 5.82 Å². The topological polar surface area (TPSA) is 112 Å². The van der Waals surface area contributed by atoms with Crippen molar-refractivity contribution in [2.45, 2.75) is 57.2 Å². The number of aryl methyl sites for hydroxylation is 1. The summed E-state index contributed by atoms with van der Waals surface area (Å²) in [5, 5.41) is 17.1. The van der Waals surface area contributed by atoms with Crippen molar-refractivity contribution < 1.29 is 4.79 Å². The number of carbonyl (C=O) groups is 1. The second-order valence-electron chi connectivity index (χ2n) is 9.10. The Morgan fingerprint density at radius 3 is 2.79 bits per heavy atom. The molecule has 2 aliphatic rings. The molecule has 0 aromatic carbocycles. The van der Waals surface area contributed by atoms with Gasteiger partial charge in [-0.15, -0.1) is 11.3 Å². The molecule has 6 heterocycles. The molecule has 2 saturated heterocycles. The van der Waals surface area contributed by atoms with E-state index in [2.05, 4.69) is 30.7 Å². The predicted molar refractivity (Wildman–Crippen MR) is 133 cm³/mol. The fraction of sp³-hybridized carbons (Fsp3) is 0.375. The Kier molecular flexibility index (Phi) is 5.37. The van der Waals surface area contributed by atoms with Crippen molar-refractivity contribution in [3.8, 4) is 0 Å². The van der Waals surface area contributed by atoms with Gasteiger partial charge in [0.2, 0.25) is 5.95 Å². The number of carbonyl (C=O) groups excluding carboxylic acids is 1. The van der Waals surface area contributed by atoms with Crippen LogP contribution in [0.5, 0.6) is 0 Å². The molecular weight excluding hydrogens is 448 g/mol. The van der Waals surface area contributed by atoms with Gasteiger partial charge in [-0.25, -0.2) is 4.98 Å². The molecule has 174 valence electrons. The minimum atomic E-state index is 0.0956. The number of amides is 1. The summed E-state index contributed by atoms with van der Waals surface area (Å²) in [7, 11) is 0. The van der Waals surface area contributed by atoms with Crippen molar-refractivity contribution in [3.05, 3.63) is 53.3 Å². The van der Waals surface area contributed by atoms with Gasteiger partial charge in [0.1, 0.15) is 10.6 Å². The van der Waals surface area contributed by atoms with Crippen LogP contribution in [0, 0.1) is 6.92 Å². The number of hydrogen-bond donors (Lipinski definition) is 3. The summed E-state index contributed by atoms with van der Waals surface area (Å²) in [4.78, 5) is 30.0. The van der Waals surface area contributed by atoms with Crippen LogP contribution in [0.2, 0.25) is 0 Å². The van der Waals surface area contributed by atoms with E-state index in [1.165, 1.54) is 0 Å². The number of nitrogens with zero attached hydrogens (tertiary/aromatic N) is 5. The number of aromatic nitrogens is 5. The molecule has 0 saturated carbocycles. The van der Waals surface area contributed by atoms with Gasteiger partial charge in [-0.1, -0.05) is 0 Å². The molecule has 4 aromatic heterocycles. The van der Waals surface area contributed by atoms with Gasteiger partial charge in [-0.3, -0.25) is 14.9 Å². The molecule has 1 amide bonds. The molecule has 0 aliphatic carbocycles. The molecule has 4 aromatic rings. The van der Waals surface area contributed by atoms with Crippen molar-refractivity contribution in [1.82, 2.24) is 30.0 Å². The number of aromatic amines is 1. The number of H-pyrrole nitrogens is 1. The fourth-order valence-electron chi connectivity index (χ4n) is 5.27. The van der Waals surface area contributed by atoms with Crippen LogP contribution in [0.1, 0.15) is 48.2 Å². The standard InChI is InChI=1S/C24H26N8OS/c1-14-10-20(31-30-14)27-21-19-7-9-34-22(19)29-24(28-21)26-16-11-17-5-2-6-18(12-16)32(17)23(33)15-4-3-8-25-13-15/h3-4,7-10,13,16-18H,2,5-6,11-12H2,1H3,(H3,26,27,28,29,30,31). The number of rotatable bonds is 5. The minimum absolute atomic E-state index is 0.0956. The number of nitrogens with one attached hydrogen (secondary N) is 3. The third kappa shape index (κ3) is 3.98. The van der Waals surface area contributed by atoms with Crippen LogP contribution in [-0.4, -0.2) is 54.1 Å². The number of piperidine rings is 2. The SMILES string of the molecule is Cc1cc(Nc2nc(NC3CC4CCCC(C3)N4C(=O)c3cccnc3)nc3sccc23)n[nH]1. The smallest absolute Gasteiger partial charge is 0.255 e. The number of anilines is 3. The first-order valence-corrected chi connectivity index (χ1v) is 12.6. The average molecular weight is 475 g/mol. The highest BCUT2D eigenvalue weighted by Crippen LogP contribution is 2.36. The lowest BCUT2D eigenvalue weighted by molar-refractivity contribution is 0.0258. The van der Waals surface area contributed by atoms with Crippen molar-refractivity contribution >= 4 is 45.0 Å². The molecule has 2 aliphatic heterocycles. The lowest BCUT2D eigenvalue weighted by Crippen LogP contribution is -2.57. The second-order valence-corrected chi connectivity index (χ2v) is 10.00. The van der Waals surface area contributed by atoms with Crippen molar-refractivity contribution in [1.29, 1.82) is 0 Å². The van der Waals surface area contributed by atoms with E-state index in [1.807, 2.05) is 36.6 Å². The zero-order chi connectivity index (χ0) is 23.1. The molecule has 9 nitrogen and oxygen atoms in total. The van der Waals surface area contributed by atoms with E-state index < -0.39 is 0 Å². The highest BCUT2D eigenvalue weighted by Gasteiger charge is 2.41. The van der Waals surface area contributed by atoms with E-state index in [4.69, 9.17) is 9.97 Å². The average Bonchev–Trinajstić information content (AvgIpc) is 3.47. The molecule has 2 bridgehead atoms. The van der Waals surface area contributed by atoms with Crippen molar-refractivity contribution in [2.75, 3.05) is 10.6 Å². The molecular formula is C24H26N8OS. The van der Waals surface area contributed by atoms with Gasteiger partial charge in [0.25, 0.3) is 5.91 Å². The Bertz CT molecular complexity index is 1310. The third-order valence-electron chi connectivity index (χ3n) is 6.73. The van der Waals surface area contributed by atoms with Crippen LogP contribution in [0.15, 0.2) is 42.0 Å². The summed E-state index contributed by atoms with van der Waals surface area (Å²) < 4.78 is 0. The Hall–Kier alpha value is -3.53. The van der Waals surface area contributed by atoms with E-state index in [0.29, 0.717) is 11.5 Å². The van der Waals surface area contributed by atoms with E-state index in [1.54, 1.807) is 23.7 Å². The van der Waals surface area contributed by atoms with E-state index in [0.717, 1.165) is 59.7 Å². The lowest BCUT2D eigenvalue weighted by atomic mass is 9.81. The highest BCUT2D eigenvalue weighted by atomic mass is 32.1. The van der Waals surface area contributed by atoms with Gasteiger partial charge < -0.3 is 15.5 Å². The van der Waals surface area contributed by atoms with Crippen LogP contribution in [0.4, 0.5) is 17.6 Å². The first kappa shape index (κ1) is 21.0. The minimum Gasteiger partial charge on any atom is -0.351 e. The Morgan fingerprint density at radius 2 is 2.06 bits per heavy atom. The molecule has 2 fully saturated rings. The molecule has 34 heavy (non-hydrogen) atoms. The molecule has 10 heteroatoms. The first-order chi connectivity index (χ1) is 16.6. The maximum absolute atomic E-state index is 13.2. The van der Waals surface area contributed by atoms with Crippen LogP contribution >= 0.6 is 11.3 Å². The normalized spacial score (nSPS) is 22.0. The highest BCUT2D eigenvalue weighted by molar-refractivity contribution is 7.16. The Balaban J connectivity index is 1.22. The summed E-state index contributed by atoms with van der Waals surface area (Å²) in [6.07, 6.45) is 8.35. The molecule has 3 N–H and O–H groups in total. The maximum Gasteiger partial charge on any atom is 0.255 e. The number of thiophene rings is 1. The summed E-state index contributed by atoms with van der Waals surface area (Å²) in [6.45, 7) is 1.97. The molecule has 6 rings (SSSR count). The summed E-state index contributed by atoms with van der Waals surface area (Å²) in [5.74, 6) is 2.18. The third-order valence-corrected chi connectivity index (χ3v) is 7.53. The monoisotopic (exact) mass is 474 g/mol. The lowest BCUT2D eigenvalue weighted by Gasteiger charge is -2.49. The van der Waals surface area contributed by atoms with Crippen LogP contribution in [0.3, 0.4) is 0 Å². The maximum atomic E-state index is 13.2. The summed E-state index contributed by atoms with van der Waals surface area (Å²) >= 11 is 1.59. The van der Waals surface area contributed by atoms with E-state index in [9.17, 15) is 4.79 Å². The number of pyridine rings is 1. The summed E-state index contributed by atoms with van der Waals surface area (Å²) in [5.41, 5.74) is 1.65. The molecule has 0 radical (unpaired) electrons. The van der Waals surface area contributed by atoms with Gasteiger partial charge in [-0.05, 0) is 62.6 Å². The predicted octanol–water partition coefficient (Wildman–Crippen LogP) is 4.50. The zero-order valence-electron chi connectivity index (χ0n) is 18.9. The van der Waals surface area contributed by atoms with E-state index >= 15 is 0 Å². The van der Waals surface area contributed by atoms with Crippen LogP contribution in [0.25, 0.3) is 10.2 Å². The van der Waals surface area contributed by atoms with Gasteiger partial charge >= 0.3 is 0 Å². The second kappa shape index (κ2) is 8.68. The van der Waals surface area contributed by atoms with Crippen molar-refractivity contribution in [3.63, 3.8) is 0 Å². The molecule has 2 unspecified atom stereocenters. The first-order valence-electron chi connectivity index (χ1n) is 11.7. The quantitative estimate of drug-likeness (QED) is 0.390. The Labute approximate surface area is 201 Å². The van der Waals surface area contributed by atoms with Crippen LogP contribution < -0.4 is 10.6 Å². The molecule has 2 atom stereocenters.